The summed E-state index contributed by atoms with van der Waals surface area (Å²) >= 11 is 0. The zero-order valence-corrected chi connectivity index (χ0v) is 16.9. The van der Waals surface area contributed by atoms with Gasteiger partial charge in [0.15, 0.2) is 0 Å². The van der Waals surface area contributed by atoms with Gasteiger partial charge in [0, 0.05) is 26.2 Å². The predicted molar refractivity (Wildman–Crippen MR) is 103 cm³/mol. The largest absolute Gasteiger partial charge is 0.412 e. The van der Waals surface area contributed by atoms with Gasteiger partial charge in [-0.25, -0.2) is 0 Å². The lowest BCUT2D eigenvalue weighted by Crippen LogP contribution is -2.34. The van der Waals surface area contributed by atoms with Crippen LogP contribution in [0.2, 0.25) is 0 Å². The van der Waals surface area contributed by atoms with E-state index in [-0.39, 0.29) is 11.0 Å². The monoisotopic (exact) mass is 488 g/mol. The van der Waals surface area contributed by atoms with Crippen LogP contribution in [0.1, 0.15) is 12.8 Å². The fourth-order valence-corrected chi connectivity index (χ4v) is 1.53. The number of hydrogen-bond acceptors (Lipinski definition) is 12. The molecule has 0 bridgehead atoms. The van der Waals surface area contributed by atoms with E-state index in [0.717, 1.165) is 52.4 Å². The Labute approximate surface area is 180 Å². The van der Waals surface area contributed by atoms with Gasteiger partial charge in [-0.3, -0.25) is 0 Å². The Bertz CT molecular complexity index is 315. The van der Waals surface area contributed by atoms with E-state index >= 15 is 0 Å². The maximum Gasteiger partial charge on any atom is 0.291 e. The van der Waals surface area contributed by atoms with Crippen molar-refractivity contribution in [2.45, 2.75) is 12.8 Å². The first-order chi connectivity index (χ1) is 13.9. The fraction of sp³-hybridized carbons (Fsp3) is 1.00. The lowest BCUT2D eigenvalue weighted by atomic mass is 10.3. The molecular weight excluding hydrogens is 456 g/mol. The zero-order valence-electron chi connectivity index (χ0n) is 16.9. The summed E-state index contributed by atoms with van der Waals surface area (Å²) in [7, 11) is 0. The highest BCUT2D eigenvalue weighted by Crippen LogP contribution is 1.76. The van der Waals surface area contributed by atoms with E-state index in [4.69, 9.17) is 61.3 Å². The minimum atomic E-state index is -1.50. The number of nitrogens with zero attached hydrogens (tertiary/aromatic N) is 4. The molecule has 0 unspecified atom stereocenters. The van der Waals surface area contributed by atoms with Gasteiger partial charge in [0.05, 0.1) is 0 Å². The Balaban J connectivity index is -0.0000000784. The molecule has 196 valence electrons. The van der Waals surface area contributed by atoms with E-state index in [9.17, 15) is 0 Å². The van der Waals surface area contributed by atoms with Gasteiger partial charge in [-0.2, -0.15) is 0 Å². The van der Waals surface area contributed by atoms with E-state index < -0.39 is 20.3 Å². The highest BCUT2D eigenvalue weighted by molar-refractivity contribution is 4.58. The van der Waals surface area contributed by atoms with E-state index in [1.54, 1.807) is 0 Å². The molecule has 1 aliphatic heterocycles. The Morgan fingerprint density at radius 2 is 0.562 bits per heavy atom. The summed E-state index contributed by atoms with van der Waals surface area (Å²) < 4.78 is 0. The van der Waals surface area contributed by atoms with E-state index in [1.165, 1.54) is 12.8 Å². The molecule has 0 atom stereocenters. The summed E-state index contributed by atoms with van der Waals surface area (Å²) in [6.45, 7) is 8.87. The van der Waals surface area contributed by atoms with Crippen LogP contribution in [0.4, 0.5) is 0 Å². The maximum absolute atomic E-state index is 8.36. The third-order valence-corrected chi connectivity index (χ3v) is 2.37. The molecule has 22 nitrogen and oxygen atoms in total. The Morgan fingerprint density at radius 3 is 0.688 bits per heavy atom. The van der Waals surface area contributed by atoms with Crippen molar-refractivity contribution in [1.29, 1.82) is 0 Å². The first-order valence-corrected chi connectivity index (χ1v) is 8.09. The third kappa shape index (κ3) is 156. The van der Waals surface area contributed by atoms with Gasteiger partial charge < -0.3 is 53.0 Å². The maximum atomic E-state index is 8.36. The van der Waals surface area contributed by atoms with Crippen LogP contribution in [0.25, 0.3) is 0 Å². The van der Waals surface area contributed by atoms with E-state index in [2.05, 4.69) is 21.3 Å². The summed E-state index contributed by atoms with van der Waals surface area (Å²) in [5.74, 6) is 0. The van der Waals surface area contributed by atoms with E-state index in [1.807, 2.05) is 0 Å². The molecule has 12 N–H and O–H groups in total. The molecule has 1 saturated heterocycles. The first kappa shape index (κ1) is 42.6. The van der Waals surface area contributed by atoms with Crippen LogP contribution in [0.5, 0.6) is 0 Å². The summed E-state index contributed by atoms with van der Waals surface area (Å²) in [6.07, 6.45) is 2.44. The van der Waals surface area contributed by atoms with Crippen LogP contribution >= 0.6 is 0 Å². The number of rotatable bonds is 0. The second-order valence-corrected chi connectivity index (χ2v) is 4.66. The average Bonchev–Trinajstić information content (AvgIpc) is 2.55. The second kappa shape index (κ2) is 38.2. The van der Waals surface area contributed by atoms with Crippen molar-refractivity contribution < 1.29 is 52.1 Å². The van der Waals surface area contributed by atoms with Gasteiger partial charge in [0.25, 0.3) is 20.3 Å². The lowest BCUT2D eigenvalue weighted by molar-refractivity contribution is -0.742. The third-order valence-electron chi connectivity index (χ3n) is 2.37. The van der Waals surface area contributed by atoms with Crippen LogP contribution < -0.4 is 21.3 Å². The average molecular weight is 488 g/mol. The van der Waals surface area contributed by atoms with Crippen molar-refractivity contribution in [2.24, 2.45) is 0 Å². The summed E-state index contributed by atoms with van der Waals surface area (Å²) in [5.41, 5.74) is 0. The second-order valence-electron chi connectivity index (χ2n) is 4.66. The summed E-state index contributed by atoms with van der Waals surface area (Å²) in [5, 5.41) is 68.2. The zero-order chi connectivity index (χ0) is 24.2. The topological polar surface area (TPSA) is 365 Å². The van der Waals surface area contributed by atoms with Gasteiger partial charge in [-0.15, -0.1) is 40.5 Å². The molecule has 32 heavy (non-hydrogen) atoms. The Morgan fingerprint density at radius 1 is 0.438 bits per heavy atom. The van der Waals surface area contributed by atoms with Crippen molar-refractivity contribution in [3.8, 4) is 0 Å². The molecule has 0 amide bonds. The molecule has 1 fully saturated rings. The van der Waals surface area contributed by atoms with Crippen molar-refractivity contribution in [3.05, 3.63) is 40.5 Å². The lowest BCUT2D eigenvalue weighted by Gasteiger charge is -2.10. The molecule has 0 aromatic carbocycles. The molecule has 0 aromatic rings. The molecule has 0 saturated carbocycles. The van der Waals surface area contributed by atoms with Crippen LogP contribution in [-0.4, -0.2) is 104 Å². The minimum Gasteiger partial charge on any atom is -0.412 e. The van der Waals surface area contributed by atoms with Crippen molar-refractivity contribution in [2.75, 3.05) is 52.4 Å². The predicted octanol–water partition coefficient (Wildman–Crippen LogP) is -3.90. The summed E-state index contributed by atoms with van der Waals surface area (Å²) in [6, 6.07) is 0. The van der Waals surface area contributed by atoms with Gasteiger partial charge in [-0.05, 0) is 39.0 Å². The van der Waals surface area contributed by atoms with Crippen molar-refractivity contribution in [3.63, 3.8) is 0 Å². The van der Waals surface area contributed by atoms with E-state index in [0.29, 0.717) is 0 Å². The molecule has 1 rings (SSSR count). The molecule has 0 radical (unpaired) electrons. The minimum absolute atomic E-state index is 0. The van der Waals surface area contributed by atoms with Crippen LogP contribution in [0.15, 0.2) is 0 Å². The van der Waals surface area contributed by atoms with Crippen molar-refractivity contribution in [1.82, 2.24) is 21.3 Å². The highest BCUT2D eigenvalue weighted by Gasteiger charge is 1.93. The molecule has 1 heterocycles. The Kier molecular flexibility index (Phi) is 50.9. The van der Waals surface area contributed by atoms with Gasteiger partial charge >= 0.3 is 0 Å². The van der Waals surface area contributed by atoms with Crippen LogP contribution in [0, 0.1) is 40.5 Å². The summed E-state index contributed by atoms with van der Waals surface area (Å²) in [4.78, 5) is 33.4. The Hall–Kier alpha value is -3.44. The van der Waals surface area contributed by atoms with Crippen molar-refractivity contribution >= 4 is 0 Å². The SMILES string of the molecule is C1CNCCNCCCNCCNC1.O.O.O=[N+]([O-])O.O=[N+]([O-])O.O=[N+]([O-])O.O=[N+]([O-])O. The normalized spacial score (nSPS) is 13.5. The molecular formula is C10H32N8O14. The van der Waals surface area contributed by atoms with Gasteiger partial charge in [-0.1, -0.05) is 0 Å². The van der Waals surface area contributed by atoms with Crippen LogP contribution in [0.3, 0.4) is 0 Å². The van der Waals surface area contributed by atoms with Gasteiger partial charge in [0.2, 0.25) is 0 Å². The number of hydrogen-bond donors (Lipinski definition) is 8. The number of nitrogens with one attached hydrogen (secondary N) is 4. The molecule has 1 aliphatic rings. The highest BCUT2D eigenvalue weighted by atomic mass is 16.9. The fourth-order valence-electron chi connectivity index (χ4n) is 1.53. The quantitative estimate of drug-likeness (QED) is 0.119. The smallest absolute Gasteiger partial charge is 0.291 e. The first-order valence-electron chi connectivity index (χ1n) is 8.09. The van der Waals surface area contributed by atoms with Crippen LogP contribution in [-0.2, 0) is 0 Å². The molecule has 0 aromatic heterocycles. The standard InChI is InChI=1S/C10H24N4.4HNO3.2H2O/c1-3-11-7-9-13-5-2-6-14-10-8-12-4-1;4*2-1(3)4;;/h11-14H,1-10H2;4*(H,2,3,4);2*1H2. The van der Waals surface area contributed by atoms with Gasteiger partial charge in [0.1, 0.15) is 0 Å². The molecule has 0 spiro atoms. The molecule has 0 aliphatic carbocycles. The molecule has 22 heteroatoms.